The van der Waals surface area contributed by atoms with E-state index in [9.17, 15) is 0 Å². The topological polar surface area (TPSA) is 54.2 Å². The van der Waals surface area contributed by atoms with E-state index in [0.717, 1.165) is 30.5 Å². The number of aryl methyl sites for hydroxylation is 1. The third kappa shape index (κ3) is 4.34. The van der Waals surface area contributed by atoms with Crippen LogP contribution in [0.5, 0.6) is 0 Å². The average molecular weight is 413 g/mol. The molecule has 1 aromatic heterocycles. The molecule has 1 aliphatic carbocycles. The molecule has 0 saturated heterocycles. The Morgan fingerprint density at radius 1 is 1.18 bits per heavy atom. The van der Waals surface area contributed by atoms with Crippen molar-refractivity contribution in [1.82, 2.24) is 15.1 Å². The number of hydrogen-bond acceptors (Lipinski definition) is 4. The number of nitrogens with one attached hydrogen (secondary N) is 1. The lowest BCUT2D eigenvalue weighted by Gasteiger charge is -2.24. The third-order valence-electron chi connectivity index (χ3n) is 4.74. The number of aromatic nitrogens is 2. The van der Waals surface area contributed by atoms with Crippen molar-refractivity contribution in [1.29, 1.82) is 0 Å². The van der Waals surface area contributed by atoms with E-state index in [4.69, 9.17) is 28.2 Å². The van der Waals surface area contributed by atoms with Gasteiger partial charge in [-0.15, -0.1) is 10.2 Å². The van der Waals surface area contributed by atoms with Crippen LogP contribution in [0.15, 0.2) is 52.9 Å². The lowest BCUT2D eigenvalue weighted by Crippen LogP contribution is -2.36. The first-order valence-electron chi connectivity index (χ1n) is 9.38. The van der Waals surface area contributed by atoms with Crippen molar-refractivity contribution in [2.75, 3.05) is 5.32 Å². The first-order valence-corrected chi connectivity index (χ1v) is 10.2. The predicted molar refractivity (Wildman–Crippen MR) is 115 cm³/mol. The van der Waals surface area contributed by atoms with Crippen LogP contribution in [0.3, 0.4) is 0 Å². The molecule has 1 heterocycles. The molecule has 1 N–H and O–H groups in total. The van der Waals surface area contributed by atoms with E-state index in [2.05, 4.69) is 51.6 Å². The van der Waals surface area contributed by atoms with Gasteiger partial charge in [0.25, 0.3) is 0 Å². The standard InChI is InChI=1S/C21H21ClN4OS/c1-2-14-7-9-15(10-8-14)23-21(28)26(16-11-12-16)13-19-24-25-20(27-19)17-5-3-4-6-18(17)22/h3-10,16H,2,11-13H2,1H3,(H,23,28). The molecule has 144 valence electrons. The summed E-state index contributed by atoms with van der Waals surface area (Å²) in [5, 5.41) is 12.9. The van der Waals surface area contributed by atoms with Crippen LogP contribution in [0.1, 0.15) is 31.2 Å². The van der Waals surface area contributed by atoms with Crippen LogP contribution < -0.4 is 5.32 Å². The summed E-state index contributed by atoms with van der Waals surface area (Å²) in [6.07, 6.45) is 3.24. The highest BCUT2D eigenvalue weighted by Crippen LogP contribution is 2.30. The Morgan fingerprint density at radius 3 is 2.61 bits per heavy atom. The lowest BCUT2D eigenvalue weighted by molar-refractivity contribution is 0.351. The predicted octanol–water partition coefficient (Wildman–Crippen LogP) is 5.31. The first-order chi connectivity index (χ1) is 13.6. The minimum atomic E-state index is 0.408. The fraction of sp³-hybridized carbons (Fsp3) is 0.286. The summed E-state index contributed by atoms with van der Waals surface area (Å²) in [4.78, 5) is 2.12. The van der Waals surface area contributed by atoms with Crippen LogP contribution in [0.25, 0.3) is 11.5 Å². The molecule has 28 heavy (non-hydrogen) atoms. The van der Waals surface area contributed by atoms with Crippen LogP contribution in [0.2, 0.25) is 5.02 Å². The summed E-state index contributed by atoms with van der Waals surface area (Å²) in [5.74, 6) is 0.942. The molecule has 0 unspecified atom stereocenters. The molecule has 0 radical (unpaired) electrons. The number of thiocarbonyl (C=S) groups is 1. The van der Waals surface area contributed by atoms with E-state index in [1.54, 1.807) is 6.07 Å². The monoisotopic (exact) mass is 412 g/mol. The first kappa shape index (κ1) is 18.9. The van der Waals surface area contributed by atoms with E-state index in [1.165, 1.54) is 5.56 Å². The molecule has 7 heteroatoms. The molecule has 0 bridgehead atoms. The summed E-state index contributed by atoms with van der Waals surface area (Å²) in [6, 6.07) is 16.2. The van der Waals surface area contributed by atoms with Gasteiger partial charge in [0.1, 0.15) is 0 Å². The minimum absolute atomic E-state index is 0.408. The van der Waals surface area contributed by atoms with Crippen LogP contribution in [0, 0.1) is 0 Å². The third-order valence-corrected chi connectivity index (χ3v) is 5.40. The summed E-state index contributed by atoms with van der Waals surface area (Å²) in [7, 11) is 0. The fourth-order valence-corrected chi connectivity index (χ4v) is 3.53. The largest absolute Gasteiger partial charge is 0.419 e. The van der Waals surface area contributed by atoms with Gasteiger partial charge in [0.2, 0.25) is 11.8 Å². The van der Waals surface area contributed by atoms with Gasteiger partial charge in [-0.25, -0.2) is 0 Å². The van der Waals surface area contributed by atoms with Gasteiger partial charge in [-0.2, -0.15) is 0 Å². The van der Waals surface area contributed by atoms with Gasteiger partial charge in [0.15, 0.2) is 5.11 Å². The van der Waals surface area contributed by atoms with Crippen LogP contribution in [-0.2, 0) is 13.0 Å². The van der Waals surface area contributed by atoms with Crippen molar-refractivity contribution in [3.8, 4) is 11.5 Å². The van der Waals surface area contributed by atoms with E-state index >= 15 is 0 Å². The average Bonchev–Trinajstić information content (AvgIpc) is 3.45. The van der Waals surface area contributed by atoms with Crippen molar-refractivity contribution in [3.63, 3.8) is 0 Å². The van der Waals surface area contributed by atoms with E-state index in [-0.39, 0.29) is 0 Å². The van der Waals surface area contributed by atoms with Gasteiger partial charge in [-0.05, 0) is 61.3 Å². The number of benzene rings is 2. The molecule has 1 saturated carbocycles. The second-order valence-electron chi connectivity index (χ2n) is 6.82. The number of anilines is 1. The maximum absolute atomic E-state index is 6.23. The molecule has 2 aromatic carbocycles. The zero-order valence-electron chi connectivity index (χ0n) is 15.6. The summed E-state index contributed by atoms with van der Waals surface area (Å²) in [5.41, 5.74) is 3.02. The molecule has 0 spiro atoms. The quantitative estimate of drug-likeness (QED) is 0.553. The number of halogens is 1. The van der Waals surface area contributed by atoms with Crippen LogP contribution in [-0.4, -0.2) is 26.3 Å². The highest BCUT2D eigenvalue weighted by Gasteiger charge is 2.32. The number of rotatable bonds is 6. The van der Waals surface area contributed by atoms with Crippen LogP contribution >= 0.6 is 23.8 Å². The zero-order chi connectivity index (χ0) is 19.5. The summed E-state index contributed by atoms with van der Waals surface area (Å²) in [6.45, 7) is 2.62. The Labute approximate surface area is 174 Å². The van der Waals surface area contributed by atoms with Gasteiger partial charge in [0.05, 0.1) is 17.1 Å². The molecule has 0 atom stereocenters. The molecular formula is C21H21ClN4OS. The second kappa shape index (κ2) is 8.29. The number of hydrogen-bond donors (Lipinski definition) is 1. The highest BCUT2D eigenvalue weighted by molar-refractivity contribution is 7.80. The van der Waals surface area contributed by atoms with Crippen molar-refractivity contribution in [3.05, 3.63) is 65.0 Å². The van der Waals surface area contributed by atoms with Crippen molar-refractivity contribution >= 4 is 34.6 Å². The molecule has 3 aromatic rings. The maximum atomic E-state index is 6.23. The maximum Gasteiger partial charge on any atom is 0.249 e. The Balaban J connectivity index is 1.47. The Kier molecular flexibility index (Phi) is 5.59. The van der Waals surface area contributed by atoms with E-state index in [1.807, 2.05) is 18.2 Å². The van der Waals surface area contributed by atoms with Crippen molar-refractivity contribution in [2.24, 2.45) is 0 Å². The van der Waals surface area contributed by atoms with Gasteiger partial charge in [0, 0.05) is 11.7 Å². The van der Waals surface area contributed by atoms with Crippen LogP contribution in [0.4, 0.5) is 5.69 Å². The zero-order valence-corrected chi connectivity index (χ0v) is 17.1. The van der Waals surface area contributed by atoms with Gasteiger partial charge >= 0.3 is 0 Å². The molecule has 0 aliphatic heterocycles. The second-order valence-corrected chi connectivity index (χ2v) is 7.61. The van der Waals surface area contributed by atoms with E-state index in [0.29, 0.717) is 34.5 Å². The van der Waals surface area contributed by atoms with Gasteiger partial charge in [-0.3, -0.25) is 0 Å². The molecular weight excluding hydrogens is 392 g/mol. The smallest absolute Gasteiger partial charge is 0.249 e. The molecule has 4 rings (SSSR count). The minimum Gasteiger partial charge on any atom is -0.419 e. The Bertz CT molecular complexity index is 969. The van der Waals surface area contributed by atoms with Crippen molar-refractivity contribution in [2.45, 2.75) is 38.8 Å². The van der Waals surface area contributed by atoms with E-state index < -0.39 is 0 Å². The Hall–Kier alpha value is -2.44. The number of nitrogens with zero attached hydrogens (tertiary/aromatic N) is 3. The molecule has 5 nitrogen and oxygen atoms in total. The Morgan fingerprint density at radius 2 is 1.93 bits per heavy atom. The molecule has 0 amide bonds. The van der Waals surface area contributed by atoms with Gasteiger partial charge < -0.3 is 14.6 Å². The SMILES string of the molecule is CCc1ccc(NC(=S)N(Cc2nnc(-c3ccccc3Cl)o2)C2CC2)cc1. The van der Waals surface area contributed by atoms with Gasteiger partial charge in [-0.1, -0.05) is 42.8 Å². The summed E-state index contributed by atoms with van der Waals surface area (Å²) >= 11 is 11.9. The van der Waals surface area contributed by atoms with Crippen molar-refractivity contribution < 1.29 is 4.42 Å². The summed E-state index contributed by atoms with van der Waals surface area (Å²) < 4.78 is 5.85. The molecule has 1 aliphatic rings. The normalized spacial score (nSPS) is 13.4. The molecule has 1 fully saturated rings. The lowest BCUT2D eigenvalue weighted by atomic mass is 10.1. The highest BCUT2D eigenvalue weighted by atomic mass is 35.5. The fourth-order valence-electron chi connectivity index (χ4n) is 2.98.